The second kappa shape index (κ2) is 5.55. The Labute approximate surface area is 146 Å². The number of amides is 2. The summed E-state index contributed by atoms with van der Waals surface area (Å²) in [6.45, 7) is 4.11. The van der Waals surface area contributed by atoms with Crippen molar-refractivity contribution in [1.82, 2.24) is 30.8 Å². The molecule has 126 valence electrons. The first kappa shape index (κ1) is 15.6. The predicted octanol–water partition coefficient (Wildman–Crippen LogP) is 0.723. The van der Waals surface area contributed by atoms with E-state index >= 15 is 0 Å². The number of aromatic amines is 1. The van der Waals surface area contributed by atoms with Gasteiger partial charge in [0.2, 0.25) is 11.8 Å². The molecule has 24 heavy (non-hydrogen) atoms. The molecule has 0 radical (unpaired) electrons. The summed E-state index contributed by atoms with van der Waals surface area (Å²) in [6.07, 6.45) is 0.295. The van der Waals surface area contributed by atoms with Gasteiger partial charge >= 0.3 is 0 Å². The fraction of sp³-hybridized carbons (Fsp3) is 0.500. The van der Waals surface area contributed by atoms with Crippen molar-refractivity contribution in [1.29, 1.82) is 0 Å². The van der Waals surface area contributed by atoms with Crippen LogP contribution in [0.4, 0.5) is 0 Å². The molecule has 0 spiro atoms. The summed E-state index contributed by atoms with van der Waals surface area (Å²) in [5, 5.41) is 20.6. The third-order valence-electron chi connectivity index (χ3n) is 4.32. The number of hydrogen-bond donors (Lipinski definition) is 2. The van der Waals surface area contributed by atoms with Gasteiger partial charge in [0.1, 0.15) is 17.5 Å². The van der Waals surface area contributed by atoms with Gasteiger partial charge in [0, 0.05) is 4.75 Å². The SMILES string of the molecule is CC1(C)S[C@@H]2C(NC(=O)Cc3ccsc3)C(=O)N2C1c1nnn[nH]1. The van der Waals surface area contributed by atoms with Crippen LogP contribution in [0.25, 0.3) is 0 Å². The molecule has 3 atom stereocenters. The highest BCUT2D eigenvalue weighted by Crippen LogP contribution is 2.56. The third kappa shape index (κ3) is 2.40. The van der Waals surface area contributed by atoms with E-state index in [1.54, 1.807) is 28.0 Å². The molecule has 2 aromatic rings. The van der Waals surface area contributed by atoms with Gasteiger partial charge < -0.3 is 10.2 Å². The van der Waals surface area contributed by atoms with Crippen LogP contribution >= 0.6 is 23.1 Å². The Kier molecular flexibility index (Phi) is 3.61. The Balaban J connectivity index is 1.48. The number of carbonyl (C=O) groups excluding carboxylic acids is 2. The van der Waals surface area contributed by atoms with Gasteiger partial charge in [0.05, 0.1) is 6.42 Å². The highest BCUT2D eigenvalue weighted by atomic mass is 32.2. The van der Waals surface area contributed by atoms with Gasteiger partial charge in [-0.2, -0.15) is 11.3 Å². The van der Waals surface area contributed by atoms with Crippen molar-refractivity contribution < 1.29 is 9.59 Å². The number of rotatable bonds is 4. The van der Waals surface area contributed by atoms with Crippen LogP contribution < -0.4 is 5.32 Å². The summed E-state index contributed by atoms with van der Waals surface area (Å²) >= 11 is 3.22. The molecule has 0 aliphatic carbocycles. The van der Waals surface area contributed by atoms with Crippen LogP contribution in [0.2, 0.25) is 0 Å². The van der Waals surface area contributed by atoms with Crippen molar-refractivity contribution in [3.8, 4) is 0 Å². The fourth-order valence-electron chi connectivity index (χ4n) is 3.28. The summed E-state index contributed by atoms with van der Waals surface area (Å²) < 4.78 is -0.242. The number of nitrogens with zero attached hydrogens (tertiary/aromatic N) is 4. The topological polar surface area (TPSA) is 104 Å². The van der Waals surface area contributed by atoms with Crippen LogP contribution in [0.5, 0.6) is 0 Å². The van der Waals surface area contributed by atoms with Crippen LogP contribution in [0, 0.1) is 0 Å². The summed E-state index contributed by atoms with van der Waals surface area (Å²) in [7, 11) is 0. The van der Waals surface area contributed by atoms with Gasteiger partial charge in [-0.1, -0.05) is 0 Å². The Morgan fingerprint density at radius 3 is 3.00 bits per heavy atom. The molecular weight excluding hydrogens is 348 g/mol. The number of aromatic nitrogens is 4. The smallest absolute Gasteiger partial charge is 0.249 e. The molecule has 10 heteroatoms. The Morgan fingerprint density at radius 2 is 2.33 bits per heavy atom. The van der Waals surface area contributed by atoms with Crippen molar-refractivity contribution in [2.45, 2.75) is 42.5 Å². The van der Waals surface area contributed by atoms with Crippen LogP contribution in [-0.2, 0) is 16.0 Å². The van der Waals surface area contributed by atoms with Gasteiger partial charge in [-0.15, -0.1) is 16.9 Å². The maximum atomic E-state index is 12.6. The zero-order valence-electron chi connectivity index (χ0n) is 13.1. The molecule has 4 heterocycles. The van der Waals surface area contributed by atoms with Gasteiger partial charge in [-0.25, -0.2) is 5.10 Å². The lowest BCUT2D eigenvalue weighted by atomic mass is 9.95. The summed E-state index contributed by atoms with van der Waals surface area (Å²) in [4.78, 5) is 26.6. The number of fused-ring (bicyclic) bond motifs is 1. The van der Waals surface area contributed by atoms with Crippen LogP contribution in [0.15, 0.2) is 16.8 Å². The normalized spacial score (nSPS) is 27.7. The summed E-state index contributed by atoms with van der Waals surface area (Å²) in [5.74, 6) is 0.360. The lowest BCUT2D eigenvalue weighted by molar-refractivity contribution is -0.151. The van der Waals surface area contributed by atoms with E-state index in [1.807, 2.05) is 16.8 Å². The summed E-state index contributed by atoms with van der Waals surface area (Å²) in [5.41, 5.74) is 0.964. The van der Waals surface area contributed by atoms with Crippen molar-refractivity contribution in [3.05, 3.63) is 28.2 Å². The number of β-lactam (4-membered cyclic amide) rings is 1. The van der Waals surface area contributed by atoms with Crippen molar-refractivity contribution in [2.24, 2.45) is 0 Å². The highest BCUT2D eigenvalue weighted by molar-refractivity contribution is 8.01. The van der Waals surface area contributed by atoms with Crippen molar-refractivity contribution in [2.75, 3.05) is 0 Å². The lowest BCUT2D eigenvalue weighted by Gasteiger charge is -2.44. The van der Waals surface area contributed by atoms with Gasteiger partial charge in [0.25, 0.3) is 0 Å². The average molecular weight is 364 g/mol. The van der Waals surface area contributed by atoms with E-state index in [4.69, 9.17) is 0 Å². The maximum Gasteiger partial charge on any atom is 0.249 e. The van der Waals surface area contributed by atoms with E-state index in [-0.39, 0.29) is 28.0 Å². The Bertz CT molecular complexity index is 760. The number of carbonyl (C=O) groups is 2. The van der Waals surface area contributed by atoms with E-state index in [9.17, 15) is 9.59 Å². The van der Waals surface area contributed by atoms with Gasteiger partial charge in [-0.3, -0.25) is 9.59 Å². The van der Waals surface area contributed by atoms with E-state index < -0.39 is 6.04 Å². The standard InChI is InChI=1S/C14H16N6O2S2/c1-14(2)10(11-16-18-19-17-11)20-12(22)9(13(20)24-14)15-8(21)5-7-3-4-23-6-7/h3-4,6,9-10,13H,5H2,1-2H3,(H,15,21)(H,16,17,18,19)/t9?,10?,13-/m1/s1. The molecule has 2 amide bonds. The summed E-state index contributed by atoms with van der Waals surface area (Å²) in [6, 6.07) is 1.21. The zero-order chi connectivity index (χ0) is 16.9. The molecule has 2 aromatic heterocycles. The van der Waals surface area contributed by atoms with E-state index in [2.05, 4.69) is 39.8 Å². The van der Waals surface area contributed by atoms with E-state index in [1.165, 1.54) is 0 Å². The predicted molar refractivity (Wildman–Crippen MR) is 89.2 cm³/mol. The first-order chi connectivity index (χ1) is 11.5. The minimum absolute atomic E-state index is 0.0851. The average Bonchev–Trinajstić information content (AvgIpc) is 3.24. The first-order valence-electron chi connectivity index (χ1n) is 7.51. The van der Waals surface area contributed by atoms with Gasteiger partial charge in [-0.05, 0) is 46.7 Å². The van der Waals surface area contributed by atoms with E-state index in [0.29, 0.717) is 12.2 Å². The molecular formula is C14H16N6O2S2. The molecule has 2 unspecified atom stereocenters. The lowest BCUT2D eigenvalue weighted by Crippen LogP contribution is -2.68. The Hall–Kier alpha value is -1.94. The second-order valence-electron chi connectivity index (χ2n) is 6.40. The Morgan fingerprint density at radius 1 is 1.50 bits per heavy atom. The van der Waals surface area contributed by atoms with Crippen LogP contribution in [-0.4, -0.2) is 53.5 Å². The quantitative estimate of drug-likeness (QED) is 0.775. The zero-order valence-corrected chi connectivity index (χ0v) is 14.7. The maximum absolute atomic E-state index is 12.6. The molecule has 2 fully saturated rings. The molecule has 4 rings (SSSR count). The molecule has 0 aromatic carbocycles. The number of thiophene rings is 1. The fourth-order valence-corrected chi connectivity index (χ4v) is 5.58. The second-order valence-corrected chi connectivity index (χ2v) is 8.95. The number of nitrogens with one attached hydrogen (secondary N) is 2. The largest absolute Gasteiger partial charge is 0.341 e. The number of thioether (sulfide) groups is 1. The minimum atomic E-state index is -0.485. The molecule has 8 nitrogen and oxygen atoms in total. The van der Waals surface area contributed by atoms with Crippen LogP contribution in [0.3, 0.4) is 0 Å². The molecule has 2 saturated heterocycles. The molecule has 2 aliphatic rings. The molecule has 2 aliphatic heterocycles. The van der Waals surface area contributed by atoms with Gasteiger partial charge in [0.15, 0.2) is 5.82 Å². The van der Waals surface area contributed by atoms with Crippen LogP contribution in [0.1, 0.15) is 31.3 Å². The van der Waals surface area contributed by atoms with Crippen molar-refractivity contribution in [3.63, 3.8) is 0 Å². The molecule has 0 saturated carbocycles. The first-order valence-corrected chi connectivity index (χ1v) is 9.33. The molecule has 2 N–H and O–H groups in total. The highest BCUT2D eigenvalue weighted by Gasteiger charge is 2.63. The molecule has 0 bridgehead atoms. The number of hydrogen-bond acceptors (Lipinski definition) is 7. The third-order valence-corrected chi connectivity index (χ3v) is 6.63. The number of tetrazole rings is 1. The number of H-pyrrole nitrogens is 1. The van der Waals surface area contributed by atoms with E-state index in [0.717, 1.165) is 5.56 Å². The minimum Gasteiger partial charge on any atom is -0.341 e. The van der Waals surface area contributed by atoms with Crippen molar-refractivity contribution >= 4 is 34.9 Å². The monoisotopic (exact) mass is 364 g/mol.